The quantitative estimate of drug-likeness (QED) is 0.390. The first-order chi connectivity index (χ1) is 16.0. The molecule has 4 aromatic rings. The zero-order valence-electron chi connectivity index (χ0n) is 17.2. The van der Waals surface area contributed by atoms with E-state index in [0.29, 0.717) is 17.6 Å². The average Bonchev–Trinajstić information content (AvgIpc) is 3.44. The monoisotopic (exact) mass is 476 g/mol. The van der Waals surface area contributed by atoms with Crippen molar-refractivity contribution >= 4 is 23.6 Å². The lowest BCUT2D eigenvalue weighted by molar-refractivity contribution is -0.192. The molecule has 15 heteroatoms. The molecule has 34 heavy (non-hydrogen) atoms. The maximum atomic E-state index is 11.0. The minimum absolute atomic E-state index is 0.0536. The molecule has 176 valence electrons. The minimum atomic E-state index is -5.08. The van der Waals surface area contributed by atoms with Gasteiger partial charge >= 0.3 is 18.1 Å². The van der Waals surface area contributed by atoms with Crippen molar-refractivity contribution in [2.75, 3.05) is 5.32 Å². The summed E-state index contributed by atoms with van der Waals surface area (Å²) in [6.07, 6.45) is -0.330. The van der Waals surface area contributed by atoms with E-state index in [0.717, 1.165) is 11.4 Å². The van der Waals surface area contributed by atoms with Crippen LogP contribution in [0.4, 0.5) is 24.8 Å². The van der Waals surface area contributed by atoms with Crippen LogP contribution in [0.25, 0.3) is 11.5 Å². The third kappa shape index (κ3) is 6.12. The van der Waals surface area contributed by atoms with Crippen LogP contribution in [0.15, 0.2) is 55.1 Å². The highest BCUT2D eigenvalue weighted by Crippen LogP contribution is 2.17. The molecular weight excluding hydrogens is 461 g/mol. The van der Waals surface area contributed by atoms with Crippen LogP contribution in [0.3, 0.4) is 0 Å². The Hall–Kier alpha value is -4.82. The Balaban J connectivity index is 0.000000406. The summed E-state index contributed by atoms with van der Waals surface area (Å²) in [6.45, 7) is 1.83. The number of aromatic nitrogens is 7. The SMILES string of the molecule is Cc1ncn(-c2ccc(Nc3nccc(-n4ccc(C(=O)O)n4)n3)cc2)n1.O=C(O)C(F)(F)F. The van der Waals surface area contributed by atoms with Gasteiger partial charge in [-0.15, -0.1) is 0 Å². The maximum Gasteiger partial charge on any atom is 0.490 e. The van der Waals surface area contributed by atoms with Crippen LogP contribution >= 0.6 is 0 Å². The number of nitrogens with zero attached hydrogens (tertiary/aromatic N) is 7. The number of rotatable bonds is 5. The first-order valence-electron chi connectivity index (χ1n) is 9.21. The lowest BCUT2D eigenvalue weighted by Crippen LogP contribution is -2.21. The molecule has 12 nitrogen and oxygen atoms in total. The number of hydrogen-bond acceptors (Lipinski definition) is 8. The van der Waals surface area contributed by atoms with E-state index < -0.39 is 18.1 Å². The molecule has 0 bridgehead atoms. The molecule has 0 saturated heterocycles. The van der Waals surface area contributed by atoms with Gasteiger partial charge in [0.25, 0.3) is 0 Å². The van der Waals surface area contributed by atoms with Gasteiger partial charge in [0.05, 0.1) is 5.69 Å². The molecule has 1 aromatic carbocycles. The third-order valence-corrected chi connectivity index (χ3v) is 3.92. The number of anilines is 2. The fraction of sp³-hybridized carbons (Fsp3) is 0.105. The van der Waals surface area contributed by atoms with Crippen molar-refractivity contribution in [1.82, 2.24) is 34.5 Å². The van der Waals surface area contributed by atoms with Gasteiger partial charge in [-0.1, -0.05) is 0 Å². The second-order valence-corrected chi connectivity index (χ2v) is 6.40. The number of carboxylic acid groups (broad SMARTS) is 2. The molecule has 0 aliphatic carbocycles. The van der Waals surface area contributed by atoms with Crippen molar-refractivity contribution in [2.24, 2.45) is 0 Å². The summed E-state index contributed by atoms with van der Waals surface area (Å²) in [7, 11) is 0. The van der Waals surface area contributed by atoms with Crippen LogP contribution in [0.2, 0.25) is 0 Å². The van der Waals surface area contributed by atoms with Crippen molar-refractivity contribution in [3.8, 4) is 11.5 Å². The molecular formula is C19H15F3N8O4. The zero-order chi connectivity index (χ0) is 24.9. The number of carbonyl (C=O) groups is 2. The maximum absolute atomic E-state index is 11.0. The van der Waals surface area contributed by atoms with Gasteiger partial charge in [0.15, 0.2) is 11.5 Å². The summed E-state index contributed by atoms with van der Waals surface area (Å²) in [6, 6.07) is 10.6. The second-order valence-electron chi connectivity index (χ2n) is 6.40. The van der Waals surface area contributed by atoms with Gasteiger partial charge in [-0.05, 0) is 37.3 Å². The highest BCUT2D eigenvalue weighted by atomic mass is 19.4. The normalized spacial score (nSPS) is 10.8. The average molecular weight is 476 g/mol. The van der Waals surface area contributed by atoms with E-state index in [1.807, 2.05) is 31.2 Å². The smallest absolute Gasteiger partial charge is 0.476 e. The van der Waals surface area contributed by atoms with Gasteiger partial charge in [-0.25, -0.2) is 28.9 Å². The molecule has 0 atom stereocenters. The number of aliphatic carboxylic acids is 1. The molecule has 0 unspecified atom stereocenters. The van der Waals surface area contributed by atoms with Crippen LogP contribution in [0.5, 0.6) is 0 Å². The summed E-state index contributed by atoms with van der Waals surface area (Å²) in [4.78, 5) is 32.5. The molecule has 0 fully saturated rings. The lowest BCUT2D eigenvalue weighted by Gasteiger charge is -2.07. The van der Waals surface area contributed by atoms with Gasteiger partial charge in [0.2, 0.25) is 5.95 Å². The number of halogens is 3. The zero-order valence-corrected chi connectivity index (χ0v) is 17.2. The number of nitrogens with one attached hydrogen (secondary N) is 1. The standard InChI is InChI=1S/C17H14N8O2.C2HF3O2/c1-11-19-10-25(22-11)13-4-2-12(3-5-13)20-17-18-8-6-15(21-17)24-9-7-14(23-24)16(26)27;3-2(4,5)1(6)7/h2-10H,1H3,(H,26,27)(H,18,20,21);(H,6,7). The van der Waals surface area contributed by atoms with E-state index in [-0.39, 0.29) is 5.69 Å². The number of aromatic carboxylic acids is 1. The van der Waals surface area contributed by atoms with Crippen molar-refractivity contribution in [3.63, 3.8) is 0 Å². The fourth-order valence-electron chi connectivity index (χ4n) is 2.40. The number of aryl methyl sites for hydroxylation is 1. The van der Waals surface area contributed by atoms with Gasteiger partial charge in [-0.3, -0.25) is 0 Å². The molecule has 4 rings (SSSR count). The van der Waals surface area contributed by atoms with Crippen LogP contribution in [0, 0.1) is 6.92 Å². The van der Waals surface area contributed by atoms with Crippen molar-refractivity contribution in [2.45, 2.75) is 13.1 Å². The molecule has 0 amide bonds. The largest absolute Gasteiger partial charge is 0.490 e. The Bertz CT molecular complexity index is 1300. The molecule has 3 aromatic heterocycles. The molecule has 3 N–H and O–H groups in total. The Morgan fingerprint density at radius 1 is 0.971 bits per heavy atom. The van der Waals surface area contributed by atoms with Crippen LogP contribution in [-0.2, 0) is 4.79 Å². The Labute approximate surface area is 188 Å². The number of benzene rings is 1. The fourth-order valence-corrected chi connectivity index (χ4v) is 2.40. The number of alkyl halides is 3. The van der Waals surface area contributed by atoms with E-state index in [9.17, 15) is 18.0 Å². The second kappa shape index (κ2) is 9.76. The van der Waals surface area contributed by atoms with E-state index in [1.54, 1.807) is 23.3 Å². The summed E-state index contributed by atoms with van der Waals surface area (Å²) >= 11 is 0. The van der Waals surface area contributed by atoms with Crippen molar-refractivity contribution in [3.05, 3.63) is 66.6 Å². The predicted molar refractivity (Wildman–Crippen MR) is 109 cm³/mol. The predicted octanol–water partition coefficient (Wildman–Crippen LogP) is 2.63. The first-order valence-corrected chi connectivity index (χ1v) is 9.21. The molecule has 0 radical (unpaired) electrons. The highest BCUT2D eigenvalue weighted by Gasteiger charge is 2.38. The van der Waals surface area contributed by atoms with Crippen molar-refractivity contribution < 1.29 is 33.0 Å². The Kier molecular flexibility index (Phi) is 6.84. The number of hydrogen-bond donors (Lipinski definition) is 3. The summed E-state index contributed by atoms with van der Waals surface area (Å²) in [5, 5.41) is 27.4. The van der Waals surface area contributed by atoms with E-state index in [1.165, 1.54) is 16.9 Å². The van der Waals surface area contributed by atoms with Gasteiger partial charge < -0.3 is 15.5 Å². The van der Waals surface area contributed by atoms with Gasteiger partial charge in [0, 0.05) is 24.1 Å². The van der Waals surface area contributed by atoms with Gasteiger partial charge in [-0.2, -0.15) is 28.4 Å². The molecule has 0 saturated carbocycles. The highest BCUT2D eigenvalue weighted by molar-refractivity contribution is 5.85. The summed E-state index contributed by atoms with van der Waals surface area (Å²) < 4.78 is 34.8. The molecule has 3 heterocycles. The van der Waals surface area contributed by atoms with Crippen LogP contribution in [0.1, 0.15) is 16.3 Å². The first kappa shape index (κ1) is 23.8. The lowest BCUT2D eigenvalue weighted by atomic mass is 10.3. The Morgan fingerprint density at radius 3 is 2.18 bits per heavy atom. The number of carboxylic acids is 2. The van der Waals surface area contributed by atoms with Gasteiger partial charge in [0.1, 0.15) is 12.2 Å². The summed E-state index contributed by atoms with van der Waals surface area (Å²) in [5.41, 5.74) is 1.62. The van der Waals surface area contributed by atoms with E-state index in [4.69, 9.17) is 15.0 Å². The molecule has 0 aliphatic heterocycles. The van der Waals surface area contributed by atoms with Crippen LogP contribution in [-0.4, -0.2) is 62.8 Å². The van der Waals surface area contributed by atoms with E-state index >= 15 is 0 Å². The topological polar surface area (TPSA) is 161 Å². The summed E-state index contributed by atoms with van der Waals surface area (Å²) in [5.74, 6) is -2.33. The molecule has 0 spiro atoms. The Morgan fingerprint density at radius 2 is 1.65 bits per heavy atom. The van der Waals surface area contributed by atoms with Crippen LogP contribution < -0.4 is 5.32 Å². The minimum Gasteiger partial charge on any atom is -0.476 e. The third-order valence-electron chi connectivity index (χ3n) is 3.92. The van der Waals surface area contributed by atoms with E-state index in [2.05, 4.69) is 30.5 Å². The molecule has 0 aliphatic rings. The van der Waals surface area contributed by atoms with Crippen molar-refractivity contribution in [1.29, 1.82) is 0 Å².